The highest BCUT2D eigenvalue weighted by molar-refractivity contribution is 7.45. The number of benzene rings is 8. The lowest BCUT2D eigenvalue weighted by Crippen LogP contribution is -2.16. The second-order valence-corrected chi connectivity index (χ2v) is 66.7. The molecule has 0 fully saturated rings. The normalized spacial score (nSPS) is 13.2. The average Bonchev–Trinajstić information content (AvgIpc) is 1.54. The maximum Gasteiger partial charge on any atom is 0.129 e. The van der Waals surface area contributed by atoms with Crippen LogP contribution in [0.4, 0.5) is 0 Å². The molecule has 8 aliphatic rings. The van der Waals surface area contributed by atoms with Crippen molar-refractivity contribution in [3.05, 3.63) is 275 Å². The molecule has 620 valence electrons. The Labute approximate surface area is 801 Å². The monoisotopic (exact) mass is 1900 g/mol. The van der Waals surface area contributed by atoms with E-state index in [-0.39, 0.29) is 0 Å². The molecular formula is C116H80S10Si4. The Morgan fingerprint density at radius 3 is 0.477 bits per heavy atom. The standard InChI is InChI=1S/C32H20S4Si.C30H20S3Si.C28H20S2Si.C26H20SSi/c1-5-10-21-17-11-6-8-13-19(17)23-25(21)33-29-27(23)35-32-30-28(36-31(29)32)24-20-14-9-7-12-18(20)22(26(24)34-30)15-16-37(2,3)4;1-5-10-21-17-11-6-8-13-19(17)23-25(21)31-29-27(23)33-28-24-20-14-9-7-12-18(20)22(15-16-34(2,3)4)26(24)32-30(28)29;1-5-10-21-17-11-6-8-13-19(17)23-25(21)29-28-24-20-14-9-7-12-18(20)22(15-16-31(2,3)4)26(24)30-27(23)28;1-5-10-21-17-11-6-8-13-19(17)23-24-20-14-9-7-12-18(20)22(15-16-28(2,3)4)26(24)27-25(21)23/h6-9,11-14H,1-4H3;6-9,11-14H,1-4H3;6-9,11-14H,1-4H3;6-9,11-14H,1-4H3. The molecule has 0 saturated carbocycles. The molecule has 14 heteroatoms. The first-order valence-electron chi connectivity index (χ1n) is 43.7. The molecule has 0 nitrogen and oxygen atoms in total. The Kier molecular flexibility index (Phi) is 19.9. The van der Waals surface area contributed by atoms with Crippen LogP contribution in [0.15, 0.2) is 194 Å². The molecule has 0 aliphatic heterocycles. The van der Waals surface area contributed by atoms with Crippen molar-refractivity contribution < 1.29 is 0 Å². The van der Waals surface area contributed by atoms with Crippen LogP contribution in [0.3, 0.4) is 0 Å². The van der Waals surface area contributed by atoms with Gasteiger partial charge >= 0.3 is 0 Å². The van der Waals surface area contributed by atoms with E-state index >= 15 is 0 Å². The van der Waals surface area contributed by atoms with Crippen molar-refractivity contribution in [3.8, 4) is 182 Å². The summed E-state index contributed by atoms with van der Waals surface area (Å²) in [6, 6.07) is 70.1. The van der Waals surface area contributed by atoms with Gasteiger partial charge in [0, 0.05) is 66.8 Å². The molecule has 8 aromatic carbocycles. The maximum absolute atomic E-state index is 3.65. The summed E-state index contributed by atoms with van der Waals surface area (Å²) < 4.78 is 27.9. The fourth-order valence-corrected chi connectivity index (χ4v) is 36.0. The Bertz CT molecular complexity index is 9460. The summed E-state index contributed by atoms with van der Waals surface area (Å²) in [7, 11) is -5.88. The summed E-state index contributed by atoms with van der Waals surface area (Å²) >= 11 is 19.4. The lowest BCUT2D eigenvalue weighted by Gasteiger charge is -2.06. The lowest BCUT2D eigenvalue weighted by molar-refractivity contribution is 1.62. The minimum Gasteiger partial charge on any atom is -0.132 e. The highest BCUT2D eigenvalue weighted by Crippen LogP contribution is 2.57. The van der Waals surface area contributed by atoms with E-state index in [4.69, 9.17) is 0 Å². The molecule has 0 radical (unpaired) electrons. The molecule has 10 heterocycles. The first kappa shape index (κ1) is 83.0. The molecule has 0 unspecified atom stereocenters. The first-order valence-corrected chi connectivity index (χ1v) is 65.9. The van der Waals surface area contributed by atoms with E-state index in [1.54, 1.807) is 0 Å². The van der Waals surface area contributed by atoms with Crippen LogP contribution in [-0.4, -0.2) is 32.3 Å². The van der Waals surface area contributed by atoms with Gasteiger partial charge in [0.05, 0.1) is 115 Å². The van der Waals surface area contributed by atoms with Crippen LogP contribution in [-0.2, 0) is 0 Å². The zero-order chi connectivity index (χ0) is 89.0. The van der Waals surface area contributed by atoms with Crippen LogP contribution >= 0.6 is 113 Å². The van der Waals surface area contributed by atoms with E-state index in [0.29, 0.717) is 0 Å². The largest absolute Gasteiger partial charge is 0.132 e. The van der Waals surface area contributed by atoms with E-state index < -0.39 is 32.3 Å². The first-order chi connectivity index (χ1) is 62.9. The van der Waals surface area contributed by atoms with Crippen LogP contribution in [0.25, 0.3) is 190 Å². The van der Waals surface area contributed by atoms with Gasteiger partial charge in [-0.2, -0.15) is 0 Å². The Morgan fingerprint density at radius 1 is 0.154 bits per heavy atom. The Balaban J connectivity index is 0.0000000993. The quantitative estimate of drug-likeness (QED) is 0.105. The van der Waals surface area contributed by atoms with Crippen molar-refractivity contribution in [1.29, 1.82) is 0 Å². The fourth-order valence-electron chi connectivity index (χ4n) is 18.9. The van der Waals surface area contributed by atoms with Gasteiger partial charge in [-0.25, -0.2) is 0 Å². The minimum atomic E-state index is -1.48. The SMILES string of the molecule is CC#CC1=c2sc3c(c2-c2ccccc21)-c1ccccc1C=3C#C[Si](C)(C)C.CC#CC1=c2sc3c(sc4c5c(sc43)=C(C#C[Si](C)(C)C)c3ccccc3-5)c2-c2ccccc21.CC#CC1=c2sc3c(sc4c5sc6c(c5sc34)-c3ccccc3C=6C#C[Si](C)(C)C)c2-c2ccccc21.CC#CC1=c2sc3c4c(sc3c2-c2ccccc21)=C(C#C[Si](C)(C)C)c1ccccc1-4. The third-order valence-corrected chi connectivity index (χ3v) is 41.0. The zero-order valence-electron chi connectivity index (χ0n) is 74.6. The van der Waals surface area contributed by atoms with E-state index in [9.17, 15) is 0 Å². The van der Waals surface area contributed by atoms with Crippen molar-refractivity contribution in [2.24, 2.45) is 0 Å². The molecule has 18 aromatic rings. The van der Waals surface area contributed by atoms with E-state index in [1.165, 1.54) is 271 Å². The van der Waals surface area contributed by atoms with Gasteiger partial charge in [0.25, 0.3) is 0 Å². The highest BCUT2D eigenvalue weighted by Gasteiger charge is 2.37. The number of hydrogen-bond acceptors (Lipinski definition) is 10. The minimum absolute atomic E-state index is 1.17. The van der Waals surface area contributed by atoms with Gasteiger partial charge in [-0.15, -0.1) is 159 Å². The van der Waals surface area contributed by atoms with Crippen LogP contribution in [0.1, 0.15) is 72.2 Å². The second kappa shape index (κ2) is 31.2. The topological polar surface area (TPSA) is 0 Å². The van der Waals surface area contributed by atoms with Gasteiger partial charge in [0.2, 0.25) is 0 Å². The van der Waals surface area contributed by atoms with Crippen molar-refractivity contribution >= 4 is 247 Å². The molecule has 0 spiro atoms. The second-order valence-electron chi connectivity index (χ2n) is 37.5. The molecule has 0 N–H and O–H groups in total. The number of thiophene rings is 10. The van der Waals surface area contributed by atoms with Crippen LogP contribution in [0.5, 0.6) is 0 Å². The summed E-state index contributed by atoms with van der Waals surface area (Å²) in [5.41, 5.74) is 56.1. The van der Waals surface area contributed by atoms with Gasteiger partial charge in [-0.05, 0) is 117 Å². The summed E-state index contributed by atoms with van der Waals surface area (Å²) in [4.78, 5) is 0. The predicted octanol–water partition coefficient (Wildman–Crippen LogP) is 27.3. The van der Waals surface area contributed by atoms with Crippen LogP contribution in [0.2, 0.25) is 78.6 Å². The molecule has 0 saturated heterocycles. The Morgan fingerprint density at radius 2 is 0.292 bits per heavy atom. The average molecular weight is 1910 g/mol. The lowest BCUT2D eigenvalue weighted by atomic mass is 9.97. The van der Waals surface area contributed by atoms with Crippen molar-refractivity contribution in [2.45, 2.75) is 106 Å². The van der Waals surface area contributed by atoms with E-state index in [0.717, 1.165) is 0 Å². The third kappa shape index (κ3) is 13.1. The summed E-state index contributed by atoms with van der Waals surface area (Å²) in [5, 5.41) is 0. The fraction of sp³-hybridized carbons (Fsp3) is 0.138. The molecule has 8 aliphatic carbocycles. The summed E-state index contributed by atoms with van der Waals surface area (Å²) in [6.45, 7) is 35.5. The summed E-state index contributed by atoms with van der Waals surface area (Å²) in [6.07, 6.45) is 0. The molecule has 0 bridgehead atoms. The van der Waals surface area contributed by atoms with Crippen molar-refractivity contribution in [3.63, 3.8) is 0 Å². The molecule has 26 rings (SSSR count). The molecule has 10 aromatic heterocycles. The molecule has 0 atom stereocenters. The van der Waals surface area contributed by atoms with E-state index in [1.807, 2.05) is 141 Å². The highest BCUT2D eigenvalue weighted by atomic mass is 32.1. The number of fused-ring (bicyclic) bond motifs is 40. The van der Waals surface area contributed by atoms with Gasteiger partial charge in [-0.1, -0.05) is 320 Å². The number of hydrogen-bond donors (Lipinski definition) is 0. The van der Waals surface area contributed by atoms with Gasteiger partial charge < -0.3 is 0 Å². The van der Waals surface area contributed by atoms with Gasteiger partial charge in [0.15, 0.2) is 0 Å². The third-order valence-electron chi connectivity index (χ3n) is 24.1. The van der Waals surface area contributed by atoms with E-state index in [2.05, 4.69) is 366 Å². The van der Waals surface area contributed by atoms with Crippen molar-refractivity contribution in [1.82, 2.24) is 0 Å². The smallest absolute Gasteiger partial charge is 0.129 e. The number of rotatable bonds is 0. The van der Waals surface area contributed by atoms with Crippen molar-refractivity contribution in [2.75, 3.05) is 0 Å². The zero-order valence-corrected chi connectivity index (χ0v) is 86.7. The van der Waals surface area contributed by atoms with Gasteiger partial charge in [-0.3, -0.25) is 0 Å². The predicted molar refractivity (Wildman–Crippen MR) is 588 cm³/mol. The van der Waals surface area contributed by atoms with Gasteiger partial charge in [0.1, 0.15) is 32.3 Å². The summed E-state index contributed by atoms with van der Waals surface area (Å²) in [5.74, 6) is 40.7. The molecular weight excluding hydrogens is 1830 g/mol. The van der Waals surface area contributed by atoms with Crippen LogP contribution in [0, 0.1) is 93.2 Å². The molecule has 130 heavy (non-hydrogen) atoms. The Hall–Kier alpha value is -11.4. The molecule has 0 amide bonds. The van der Waals surface area contributed by atoms with Crippen LogP contribution < -0.4 is 36.3 Å². The maximum atomic E-state index is 3.65.